The number of furan rings is 1. The molecule has 5 aromatic rings. The average molecular weight is 393 g/mol. The first-order valence-corrected chi connectivity index (χ1v) is 9.65. The highest BCUT2D eigenvalue weighted by Gasteiger charge is 2.11. The zero-order valence-corrected chi connectivity index (χ0v) is 16.4. The van der Waals surface area contributed by atoms with Crippen LogP contribution in [0.15, 0.2) is 96.1 Å². The Labute approximate surface area is 173 Å². The number of aromatic nitrogens is 2. The van der Waals surface area contributed by atoms with Gasteiger partial charge in [-0.05, 0) is 73.2 Å². The Kier molecular flexibility index (Phi) is 4.41. The zero-order valence-electron chi connectivity index (χ0n) is 16.4. The van der Waals surface area contributed by atoms with Gasteiger partial charge in [-0.2, -0.15) is 0 Å². The van der Waals surface area contributed by atoms with Crippen LogP contribution in [-0.4, -0.2) is 15.5 Å². The van der Waals surface area contributed by atoms with E-state index < -0.39 is 0 Å². The standard InChI is InChI=1S/C25H19N3O2/c1-17-13-21-14-18(20-10-12-30-16-20)4-9-24(21)28(17)23-7-5-22(6-8-23)27-25(29)19-3-2-11-26-15-19/h2-16H,1H3,(H,27,29). The van der Waals surface area contributed by atoms with E-state index in [1.807, 2.05) is 30.3 Å². The predicted octanol–water partition coefficient (Wildman–Crippen LogP) is 5.85. The lowest BCUT2D eigenvalue weighted by molar-refractivity contribution is 0.102. The number of fused-ring (bicyclic) bond motifs is 1. The van der Waals surface area contributed by atoms with Gasteiger partial charge in [0.1, 0.15) is 0 Å². The van der Waals surface area contributed by atoms with E-state index in [0.29, 0.717) is 5.56 Å². The van der Waals surface area contributed by atoms with Gasteiger partial charge in [0.2, 0.25) is 0 Å². The minimum absolute atomic E-state index is 0.176. The Morgan fingerprint density at radius 3 is 2.60 bits per heavy atom. The molecule has 0 aliphatic carbocycles. The van der Waals surface area contributed by atoms with E-state index in [2.05, 4.69) is 46.1 Å². The molecule has 0 saturated heterocycles. The second-order valence-electron chi connectivity index (χ2n) is 7.15. The molecule has 2 aromatic carbocycles. The van der Waals surface area contributed by atoms with Crippen molar-refractivity contribution in [2.24, 2.45) is 0 Å². The van der Waals surface area contributed by atoms with Crippen LogP contribution in [0.4, 0.5) is 5.69 Å². The van der Waals surface area contributed by atoms with Gasteiger partial charge >= 0.3 is 0 Å². The highest BCUT2D eigenvalue weighted by atomic mass is 16.3. The monoisotopic (exact) mass is 393 g/mol. The highest BCUT2D eigenvalue weighted by Crippen LogP contribution is 2.29. The molecule has 0 bridgehead atoms. The number of carbonyl (C=O) groups is 1. The predicted molar refractivity (Wildman–Crippen MR) is 118 cm³/mol. The maximum Gasteiger partial charge on any atom is 0.257 e. The van der Waals surface area contributed by atoms with E-state index in [9.17, 15) is 4.79 Å². The number of anilines is 1. The van der Waals surface area contributed by atoms with Crippen molar-refractivity contribution in [3.63, 3.8) is 0 Å². The first-order valence-electron chi connectivity index (χ1n) is 9.65. The first-order chi connectivity index (χ1) is 14.7. The van der Waals surface area contributed by atoms with Crippen LogP contribution in [0.25, 0.3) is 27.7 Å². The molecule has 0 unspecified atom stereocenters. The zero-order chi connectivity index (χ0) is 20.5. The minimum atomic E-state index is -0.176. The van der Waals surface area contributed by atoms with E-state index in [4.69, 9.17) is 4.42 Å². The second-order valence-corrected chi connectivity index (χ2v) is 7.15. The van der Waals surface area contributed by atoms with Gasteiger partial charge in [0.25, 0.3) is 5.91 Å². The van der Waals surface area contributed by atoms with E-state index in [1.165, 1.54) is 5.39 Å². The molecule has 5 nitrogen and oxygen atoms in total. The number of hydrogen-bond donors (Lipinski definition) is 1. The summed E-state index contributed by atoms with van der Waals surface area (Å²) in [7, 11) is 0. The van der Waals surface area contributed by atoms with Gasteiger partial charge in [-0.15, -0.1) is 0 Å². The fourth-order valence-electron chi connectivity index (χ4n) is 3.70. The van der Waals surface area contributed by atoms with Crippen molar-refractivity contribution in [1.29, 1.82) is 0 Å². The Hall–Kier alpha value is -4.12. The third kappa shape index (κ3) is 3.26. The van der Waals surface area contributed by atoms with Crippen LogP contribution >= 0.6 is 0 Å². The van der Waals surface area contributed by atoms with Gasteiger partial charge in [-0.25, -0.2) is 0 Å². The molecular weight excluding hydrogens is 374 g/mol. The number of carbonyl (C=O) groups excluding carboxylic acids is 1. The number of aryl methyl sites for hydroxylation is 1. The highest BCUT2D eigenvalue weighted by molar-refractivity contribution is 6.04. The minimum Gasteiger partial charge on any atom is -0.472 e. The number of nitrogens with zero attached hydrogens (tertiary/aromatic N) is 2. The molecule has 1 N–H and O–H groups in total. The summed E-state index contributed by atoms with van der Waals surface area (Å²) in [6, 6.07) is 21.9. The second kappa shape index (κ2) is 7.37. The molecule has 30 heavy (non-hydrogen) atoms. The third-order valence-corrected chi connectivity index (χ3v) is 5.15. The van der Waals surface area contributed by atoms with Crippen LogP contribution in [0, 0.1) is 6.92 Å². The summed E-state index contributed by atoms with van der Waals surface area (Å²) in [5.74, 6) is -0.176. The number of amides is 1. The van der Waals surface area contributed by atoms with Crippen molar-refractivity contribution in [3.8, 4) is 16.8 Å². The van der Waals surface area contributed by atoms with Crippen molar-refractivity contribution in [3.05, 3.63) is 103 Å². The molecular formula is C25H19N3O2. The molecule has 0 radical (unpaired) electrons. The molecule has 3 heterocycles. The van der Waals surface area contributed by atoms with E-state index in [-0.39, 0.29) is 5.91 Å². The smallest absolute Gasteiger partial charge is 0.257 e. The lowest BCUT2D eigenvalue weighted by Gasteiger charge is -2.11. The molecule has 5 rings (SSSR count). The van der Waals surface area contributed by atoms with Gasteiger partial charge in [0.05, 0.1) is 23.6 Å². The number of hydrogen-bond acceptors (Lipinski definition) is 3. The quantitative estimate of drug-likeness (QED) is 0.417. The lowest BCUT2D eigenvalue weighted by atomic mass is 10.1. The summed E-state index contributed by atoms with van der Waals surface area (Å²) in [5.41, 5.74) is 6.77. The number of nitrogens with one attached hydrogen (secondary N) is 1. The average Bonchev–Trinajstić information content (AvgIpc) is 3.42. The molecule has 5 heteroatoms. The molecule has 0 aliphatic rings. The van der Waals surface area contributed by atoms with Gasteiger partial charge in [0.15, 0.2) is 0 Å². The lowest BCUT2D eigenvalue weighted by Crippen LogP contribution is -2.12. The van der Waals surface area contributed by atoms with Gasteiger partial charge in [-0.1, -0.05) is 6.07 Å². The fourth-order valence-corrected chi connectivity index (χ4v) is 3.70. The van der Waals surface area contributed by atoms with Gasteiger partial charge in [0, 0.05) is 40.4 Å². The third-order valence-electron chi connectivity index (χ3n) is 5.15. The Morgan fingerprint density at radius 2 is 1.87 bits per heavy atom. The van der Waals surface area contributed by atoms with Crippen molar-refractivity contribution in [1.82, 2.24) is 9.55 Å². The molecule has 1 amide bonds. The van der Waals surface area contributed by atoms with Crippen LogP contribution in [0.1, 0.15) is 16.1 Å². The summed E-state index contributed by atoms with van der Waals surface area (Å²) < 4.78 is 7.42. The summed E-state index contributed by atoms with van der Waals surface area (Å²) in [4.78, 5) is 16.3. The summed E-state index contributed by atoms with van der Waals surface area (Å²) in [5, 5.41) is 4.08. The SMILES string of the molecule is Cc1cc2cc(-c3ccoc3)ccc2n1-c1ccc(NC(=O)c2cccnc2)cc1. The van der Waals surface area contributed by atoms with Crippen LogP contribution < -0.4 is 5.32 Å². The molecule has 146 valence electrons. The molecule has 0 aliphatic heterocycles. The van der Waals surface area contributed by atoms with E-state index in [0.717, 1.165) is 33.7 Å². The topological polar surface area (TPSA) is 60.1 Å². The molecule has 0 fully saturated rings. The maximum absolute atomic E-state index is 12.3. The molecule has 0 atom stereocenters. The van der Waals surface area contributed by atoms with Crippen molar-refractivity contribution in [2.75, 3.05) is 5.32 Å². The normalized spacial score (nSPS) is 11.0. The Balaban J connectivity index is 1.44. The van der Waals surface area contributed by atoms with Crippen LogP contribution in [-0.2, 0) is 0 Å². The summed E-state index contributed by atoms with van der Waals surface area (Å²) in [6.45, 7) is 2.09. The van der Waals surface area contributed by atoms with Crippen LogP contribution in [0.3, 0.4) is 0 Å². The van der Waals surface area contributed by atoms with Crippen molar-refractivity contribution < 1.29 is 9.21 Å². The van der Waals surface area contributed by atoms with Crippen molar-refractivity contribution >= 4 is 22.5 Å². The largest absolute Gasteiger partial charge is 0.472 e. The van der Waals surface area contributed by atoms with E-state index >= 15 is 0 Å². The Bertz CT molecular complexity index is 1320. The first kappa shape index (κ1) is 17.9. The maximum atomic E-state index is 12.3. The molecule has 0 saturated carbocycles. The number of pyridine rings is 1. The fraction of sp³-hybridized carbons (Fsp3) is 0.0400. The molecule has 0 spiro atoms. The summed E-state index contributed by atoms with van der Waals surface area (Å²) >= 11 is 0. The summed E-state index contributed by atoms with van der Waals surface area (Å²) in [6.07, 6.45) is 6.64. The van der Waals surface area contributed by atoms with E-state index in [1.54, 1.807) is 37.1 Å². The van der Waals surface area contributed by atoms with Crippen LogP contribution in [0.2, 0.25) is 0 Å². The van der Waals surface area contributed by atoms with Crippen molar-refractivity contribution in [2.45, 2.75) is 6.92 Å². The van der Waals surface area contributed by atoms with Crippen LogP contribution in [0.5, 0.6) is 0 Å². The number of benzene rings is 2. The Morgan fingerprint density at radius 1 is 1.00 bits per heavy atom. The van der Waals surface area contributed by atoms with Gasteiger partial charge < -0.3 is 14.3 Å². The molecule has 3 aromatic heterocycles. The number of rotatable bonds is 4. The van der Waals surface area contributed by atoms with Gasteiger partial charge in [-0.3, -0.25) is 9.78 Å².